The molecule has 4 aromatic carbocycles. The normalized spacial score (nSPS) is 14.8. The lowest BCUT2D eigenvalue weighted by Crippen LogP contribution is -2.31. The third-order valence-electron chi connectivity index (χ3n) is 7.34. The van der Waals surface area contributed by atoms with E-state index in [9.17, 15) is 14.7 Å². The number of thioether (sulfide) groups is 1. The van der Waals surface area contributed by atoms with Crippen LogP contribution in [0.15, 0.2) is 129 Å². The first kappa shape index (κ1) is 28.6. The number of aromatic nitrogens is 2. The number of amides is 1. The molecule has 1 N–H and O–H groups in total. The summed E-state index contributed by atoms with van der Waals surface area (Å²) in [4.78, 5) is 29.1. The van der Waals surface area contributed by atoms with Gasteiger partial charge in [-0.3, -0.25) is 14.5 Å². The van der Waals surface area contributed by atoms with Crippen LogP contribution in [0.5, 0.6) is 11.5 Å². The first-order chi connectivity index (χ1) is 21.9. The summed E-state index contributed by atoms with van der Waals surface area (Å²) < 4.78 is 12.6. The Labute approximate surface area is 266 Å². The van der Waals surface area contributed by atoms with Gasteiger partial charge in [0.1, 0.15) is 17.1 Å². The van der Waals surface area contributed by atoms with Crippen LogP contribution in [0.3, 0.4) is 0 Å². The van der Waals surface area contributed by atoms with Crippen LogP contribution in [0.4, 0.5) is 5.13 Å². The largest absolute Gasteiger partial charge is 0.503 e. The lowest BCUT2D eigenvalue weighted by molar-refractivity contribution is -0.117. The number of furan rings is 1. The molecule has 0 spiro atoms. The molecular formula is C35H25N3O5S2. The molecule has 7 rings (SSSR count). The van der Waals surface area contributed by atoms with E-state index in [-0.39, 0.29) is 16.5 Å². The Hall–Kier alpha value is -5.19. The van der Waals surface area contributed by atoms with Crippen molar-refractivity contribution in [2.45, 2.75) is 23.1 Å². The number of carbonyl (C=O) groups excluding carboxylic acids is 2. The van der Waals surface area contributed by atoms with Crippen LogP contribution in [-0.2, 0) is 10.5 Å². The summed E-state index contributed by atoms with van der Waals surface area (Å²) in [6.07, 6.45) is 0. The molecular weight excluding hydrogens is 607 g/mol. The highest BCUT2D eigenvalue weighted by atomic mass is 32.2. The first-order valence-corrected chi connectivity index (χ1v) is 15.9. The second-order valence-corrected chi connectivity index (χ2v) is 12.6. The fourth-order valence-electron chi connectivity index (χ4n) is 5.14. The van der Waals surface area contributed by atoms with Crippen LogP contribution in [0.25, 0.3) is 11.0 Å². The smallest absolute Gasteiger partial charge is 0.296 e. The lowest BCUT2D eigenvalue weighted by Gasteiger charge is -2.24. The molecule has 8 nitrogen and oxygen atoms in total. The highest BCUT2D eigenvalue weighted by Crippen LogP contribution is 2.45. The zero-order valence-corrected chi connectivity index (χ0v) is 25.5. The van der Waals surface area contributed by atoms with Crippen molar-refractivity contribution in [3.05, 3.63) is 143 Å². The summed E-state index contributed by atoms with van der Waals surface area (Å²) in [6, 6.07) is 32.4. The number of aliphatic hydroxyl groups excluding tert-OH is 1. The average Bonchev–Trinajstić information content (AvgIpc) is 3.77. The monoisotopic (exact) mass is 631 g/mol. The standard InChI is InChI=1S/C35H25N3O5S2/c1-21-14-16-22(17-15-21)20-44-35-37-36-34(45-35)38-30(24-9-7-12-26(18-24)42-25-10-3-2-4-11-25)29(32(40)33(38)41)31(39)28-19-23-8-5-6-13-27(23)43-28/h2-19,30,40H,20H2,1H3. The number of para-hydroxylation sites is 2. The first-order valence-electron chi connectivity index (χ1n) is 14.1. The van der Waals surface area contributed by atoms with Gasteiger partial charge in [0.2, 0.25) is 10.9 Å². The number of aliphatic hydroxyl groups is 1. The molecule has 2 aromatic heterocycles. The third kappa shape index (κ3) is 5.73. The molecule has 0 aliphatic carbocycles. The van der Waals surface area contributed by atoms with Crippen LogP contribution in [-0.4, -0.2) is 27.0 Å². The van der Waals surface area contributed by atoms with Gasteiger partial charge < -0.3 is 14.3 Å². The van der Waals surface area contributed by atoms with Crippen molar-refractivity contribution in [3.8, 4) is 11.5 Å². The highest BCUT2D eigenvalue weighted by molar-refractivity contribution is 8.00. The van der Waals surface area contributed by atoms with E-state index in [1.54, 1.807) is 36.4 Å². The number of aryl methyl sites for hydroxylation is 1. The number of ether oxygens (including phenoxy) is 1. The van der Waals surface area contributed by atoms with E-state index in [2.05, 4.69) is 34.5 Å². The number of anilines is 1. The van der Waals surface area contributed by atoms with Crippen molar-refractivity contribution >= 4 is 50.9 Å². The Balaban J connectivity index is 1.26. The van der Waals surface area contributed by atoms with Gasteiger partial charge in [0.05, 0.1) is 11.6 Å². The molecule has 3 heterocycles. The minimum Gasteiger partial charge on any atom is -0.503 e. The van der Waals surface area contributed by atoms with Gasteiger partial charge in [-0.25, -0.2) is 0 Å². The zero-order valence-electron chi connectivity index (χ0n) is 23.9. The fraction of sp³-hybridized carbons (Fsp3) is 0.0857. The number of hydrogen-bond donors (Lipinski definition) is 1. The molecule has 0 radical (unpaired) electrons. The number of carbonyl (C=O) groups is 2. The third-order valence-corrected chi connectivity index (χ3v) is 9.47. The Morgan fingerprint density at radius 2 is 1.69 bits per heavy atom. The Bertz CT molecular complexity index is 2040. The van der Waals surface area contributed by atoms with Gasteiger partial charge in [-0.1, -0.05) is 101 Å². The summed E-state index contributed by atoms with van der Waals surface area (Å²) in [5, 5.41) is 20.9. The second-order valence-electron chi connectivity index (χ2n) is 10.4. The molecule has 222 valence electrons. The van der Waals surface area contributed by atoms with Crippen molar-refractivity contribution < 1.29 is 23.8 Å². The van der Waals surface area contributed by atoms with Gasteiger partial charge in [0.25, 0.3) is 5.91 Å². The van der Waals surface area contributed by atoms with Crippen molar-refractivity contribution in [3.63, 3.8) is 0 Å². The van der Waals surface area contributed by atoms with E-state index in [1.807, 2.05) is 55.5 Å². The van der Waals surface area contributed by atoms with Crippen LogP contribution in [0.2, 0.25) is 0 Å². The Kier molecular flexibility index (Phi) is 7.66. The van der Waals surface area contributed by atoms with Gasteiger partial charge in [0, 0.05) is 11.1 Å². The molecule has 0 saturated carbocycles. The van der Waals surface area contributed by atoms with E-state index in [1.165, 1.54) is 33.6 Å². The maximum Gasteiger partial charge on any atom is 0.296 e. The van der Waals surface area contributed by atoms with E-state index in [4.69, 9.17) is 9.15 Å². The van der Waals surface area contributed by atoms with Crippen molar-refractivity contribution in [1.82, 2.24) is 10.2 Å². The van der Waals surface area contributed by atoms with Crippen molar-refractivity contribution in [2.75, 3.05) is 4.90 Å². The van der Waals surface area contributed by atoms with Crippen molar-refractivity contribution in [2.24, 2.45) is 0 Å². The van der Waals surface area contributed by atoms with Crippen LogP contribution in [0, 0.1) is 6.92 Å². The predicted molar refractivity (Wildman–Crippen MR) is 174 cm³/mol. The van der Waals surface area contributed by atoms with Gasteiger partial charge in [-0.15, -0.1) is 10.2 Å². The molecule has 1 amide bonds. The van der Waals surface area contributed by atoms with E-state index >= 15 is 0 Å². The minimum absolute atomic E-state index is 0.0145. The number of fused-ring (bicyclic) bond motifs is 1. The number of benzene rings is 4. The quantitative estimate of drug-likeness (QED) is 0.0963. The zero-order chi connectivity index (χ0) is 30.9. The maximum absolute atomic E-state index is 14.0. The second kappa shape index (κ2) is 12.1. The molecule has 0 saturated heterocycles. The fourth-order valence-corrected chi connectivity index (χ4v) is 6.96. The van der Waals surface area contributed by atoms with E-state index < -0.39 is 23.5 Å². The van der Waals surface area contributed by atoms with Gasteiger partial charge in [-0.2, -0.15) is 0 Å². The summed E-state index contributed by atoms with van der Waals surface area (Å²) in [5.41, 5.74) is 3.27. The van der Waals surface area contributed by atoms with Crippen LogP contribution < -0.4 is 9.64 Å². The van der Waals surface area contributed by atoms with Crippen LogP contribution >= 0.6 is 23.1 Å². The SMILES string of the molecule is Cc1ccc(CSc2nnc(N3C(=O)C(O)=C(C(=O)c4cc5ccccc5o4)C3c3cccc(Oc4ccccc4)c3)s2)cc1. The number of rotatable bonds is 9. The Morgan fingerprint density at radius 3 is 2.49 bits per heavy atom. The molecule has 1 atom stereocenters. The molecule has 1 aliphatic heterocycles. The Morgan fingerprint density at radius 1 is 0.933 bits per heavy atom. The molecule has 1 aliphatic rings. The van der Waals surface area contributed by atoms with Gasteiger partial charge in [0.15, 0.2) is 15.9 Å². The summed E-state index contributed by atoms with van der Waals surface area (Å²) >= 11 is 2.72. The van der Waals surface area contributed by atoms with Gasteiger partial charge >= 0.3 is 0 Å². The topological polar surface area (TPSA) is 106 Å². The summed E-state index contributed by atoms with van der Waals surface area (Å²) in [6.45, 7) is 2.04. The number of hydrogen-bond acceptors (Lipinski definition) is 9. The summed E-state index contributed by atoms with van der Waals surface area (Å²) in [7, 11) is 0. The van der Waals surface area contributed by atoms with Crippen molar-refractivity contribution in [1.29, 1.82) is 0 Å². The predicted octanol–water partition coefficient (Wildman–Crippen LogP) is 8.46. The minimum atomic E-state index is -1.01. The molecule has 0 bridgehead atoms. The molecule has 45 heavy (non-hydrogen) atoms. The summed E-state index contributed by atoms with van der Waals surface area (Å²) in [5.74, 6) is -0.197. The molecule has 6 aromatic rings. The average molecular weight is 632 g/mol. The van der Waals surface area contributed by atoms with Crippen LogP contribution in [0.1, 0.15) is 33.3 Å². The van der Waals surface area contributed by atoms with Gasteiger partial charge in [-0.05, 0) is 54.4 Å². The highest BCUT2D eigenvalue weighted by Gasteiger charge is 2.47. The number of ketones is 1. The lowest BCUT2D eigenvalue weighted by atomic mass is 9.95. The molecule has 1 unspecified atom stereocenters. The van der Waals surface area contributed by atoms with E-state index in [0.717, 1.165) is 10.9 Å². The molecule has 10 heteroatoms. The maximum atomic E-state index is 14.0. The number of nitrogens with zero attached hydrogens (tertiary/aromatic N) is 3. The number of Topliss-reactive ketones (excluding diaryl/α,β-unsaturated/α-hetero) is 1. The van der Waals surface area contributed by atoms with E-state index in [0.29, 0.717) is 32.7 Å². The molecule has 0 fully saturated rings.